The van der Waals surface area contributed by atoms with Gasteiger partial charge in [0, 0.05) is 58.7 Å². The lowest BCUT2D eigenvalue weighted by Gasteiger charge is -2.25. The molecule has 58 heavy (non-hydrogen) atoms. The van der Waals surface area contributed by atoms with E-state index >= 15 is 0 Å². The topological polar surface area (TPSA) is 68.3 Å². The molecule has 1 N–H and O–H groups in total. The molecule has 0 aliphatic carbocycles. The first kappa shape index (κ1) is 37.3. The number of benzene rings is 7. The lowest BCUT2D eigenvalue weighted by molar-refractivity contribution is 0.476. The van der Waals surface area contributed by atoms with Gasteiger partial charge in [0.1, 0.15) is 11.6 Å². The van der Waals surface area contributed by atoms with Crippen LogP contribution in [-0.4, -0.2) is 27.7 Å². The third kappa shape index (κ3) is 7.62. The molecule has 0 saturated heterocycles. The minimum atomic E-state index is 0.155. The average Bonchev–Trinajstić information content (AvgIpc) is 3.68. The highest BCUT2D eigenvalue weighted by atomic mass is 16.3. The van der Waals surface area contributed by atoms with E-state index in [2.05, 4.69) is 94.9 Å². The number of phenols is 1. The predicted octanol–water partition coefficient (Wildman–Crippen LogP) is 13.0. The molecule has 6 heteroatoms. The van der Waals surface area contributed by atoms with Crippen LogP contribution in [0.1, 0.15) is 25.0 Å². The van der Waals surface area contributed by atoms with E-state index in [9.17, 15) is 10.4 Å². The van der Waals surface area contributed by atoms with E-state index in [-0.39, 0.29) is 5.75 Å². The molecule has 1 aromatic heterocycles. The third-order valence-corrected chi connectivity index (χ3v) is 10.4. The number of hydrogen-bond donors (Lipinski definition) is 1. The number of aromatic hydroxyl groups is 1. The molecule has 6 nitrogen and oxygen atoms in total. The maximum atomic E-state index is 11.6. The number of nitriles is 1. The largest absolute Gasteiger partial charge is 0.507 e. The Kier molecular flexibility index (Phi) is 11.0. The number of hydrogen-bond acceptors (Lipinski definition) is 5. The van der Waals surface area contributed by atoms with Gasteiger partial charge in [-0.3, -0.25) is 4.57 Å². The summed E-state index contributed by atoms with van der Waals surface area (Å²) in [5.41, 5.74) is 11.5. The smallest absolute Gasteiger partial charge is 0.149 e. The highest BCUT2D eigenvalue weighted by molar-refractivity contribution is 5.91. The average molecular weight is 754 g/mol. The van der Waals surface area contributed by atoms with Crippen LogP contribution in [0.25, 0.3) is 51.2 Å². The number of aromatic nitrogens is 2. The Morgan fingerprint density at radius 3 is 1.67 bits per heavy atom. The molecule has 0 atom stereocenters. The first-order valence-corrected chi connectivity index (χ1v) is 19.6. The van der Waals surface area contributed by atoms with E-state index in [1.807, 2.05) is 133 Å². The molecule has 0 amide bonds. The number of imidazole rings is 1. The fraction of sp³-hybridized carbons (Fsp3) is 0.0769. The second-order valence-corrected chi connectivity index (χ2v) is 13.9. The standard InChI is InChI=1S/C52H43N5O/c1-3-55(4-2)47-33-34-48(49(58)36-47)52-54-50(40-17-9-5-10-18-40)51(41-19-11-6-12-20-41)57(52)46-31-27-39(28-32-46)42(37-53)35-38-25-29-45(30-26-38)56(43-21-13-7-14-22-43)44-23-15-8-16-24-44/h5-36,58H,3-4H2,1-2H3/b42-35+. The Morgan fingerprint density at radius 1 is 0.621 bits per heavy atom. The lowest BCUT2D eigenvalue weighted by atomic mass is 10.0. The van der Waals surface area contributed by atoms with Gasteiger partial charge in [-0.2, -0.15) is 5.26 Å². The monoisotopic (exact) mass is 753 g/mol. The highest BCUT2D eigenvalue weighted by Gasteiger charge is 2.24. The van der Waals surface area contributed by atoms with Gasteiger partial charge in [-0.1, -0.05) is 121 Å². The van der Waals surface area contributed by atoms with Crippen LogP contribution in [0.15, 0.2) is 188 Å². The molecule has 7 aromatic carbocycles. The van der Waals surface area contributed by atoms with Crippen LogP contribution in [0, 0.1) is 11.3 Å². The van der Waals surface area contributed by atoms with Crippen molar-refractivity contribution in [3.8, 4) is 51.4 Å². The summed E-state index contributed by atoms with van der Waals surface area (Å²) in [6.45, 7) is 5.88. The molecular weight excluding hydrogens is 711 g/mol. The van der Waals surface area contributed by atoms with Crippen molar-refractivity contribution in [3.05, 3.63) is 199 Å². The molecule has 1 heterocycles. The summed E-state index contributed by atoms with van der Waals surface area (Å²) in [7, 11) is 0. The summed E-state index contributed by atoms with van der Waals surface area (Å²) in [6.07, 6.45) is 1.93. The molecule has 8 rings (SSSR count). The van der Waals surface area contributed by atoms with Crippen LogP contribution >= 0.6 is 0 Å². The van der Waals surface area contributed by atoms with Crippen molar-refractivity contribution in [1.82, 2.24) is 9.55 Å². The third-order valence-electron chi connectivity index (χ3n) is 10.4. The molecular formula is C52H43N5O. The summed E-state index contributed by atoms with van der Waals surface area (Å²) in [6, 6.07) is 65.5. The molecule has 0 unspecified atom stereocenters. The van der Waals surface area contributed by atoms with Crippen LogP contribution in [0.3, 0.4) is 0 Å². The van der Waals surface area contributed by atoms with Gasteiger partial charge in [0.05, 0.1) is 28.6 Å². The minimum absolute atomic E-state index is 0.155. The zero-order valence-corrected chi connectivity index (χ0v) is 32.6. The number of para-hydroxylation sites is 2. The zero-order valence-electron chi connectivity index (χ0n) is 32.6. The van der Waals surface area contributed by atoms with E-state index in [1.54, 1.807) is 0 Å². The van der Waals surface area contributed by atoms with Crippen molar-refractivity contribution < 1.29 is 5.11 Å². The Balaban J connectivity index is 1.20. The van der Waals surface area contributed by atoms with E-state index in [1.165, 1.54) is 0 Å². The van der Waals surface area contributed by atoms with Crippen LogP contribution in [0.2, 0.25) is 0 Å². The van der Waals surface area contributed by atoms with Crippen molar-refractivity contribution in [2.24, 2.45) is 0 Å². The van der Waals surface area contributed by atoms with Crippen molar-refractivity contribution in [3.63, 3.8) is 0 Å². The first-order chi connectivity index (χ1) is 28.6. The van der Waals surface area contributed by atoms with E-state index in [4.69, 9.17) is 4.98 Å². The molecule has 282 valence electrons. The number of anilines is 4. The van der Waals surface area contributed by atoms with Gasteiger partial charge in [0.15, 0.2) is 0 Å². The van der Waals surface area contributed by atoms with Crippen LogP contribution < -0.4 is 9.80 Å². The first-order valence-electron chi connectivity index (χ1n) is 19.6. The van der Waals surface area contributed by atoms with Crippen molar-refractivity contribution in [1.29, 1.82) is 5.26 Å². The van der Waals surface area contributed by atoms with Gasteiger partial charge in [0.25, 0.3) is 0 Å². The SMILES string of the molecule is CCN(CC)c1ccc(-c2nc(-c3ccccc3)c(-c3ccccc3)n2-c2ccc(/C(C#N)=C/c3ccc(N(c4ccccc4)c4ccccc4)cc3)cc2)c(O)c1. The van der Waals surface area contributed by atoms with Gasteiger partial charge >= 0.3 is 0 Å². The van der Waals surface area contributed by atoms with E-state index in [0.717, 1.165) is 75.2 Å². The van der Waals surface area contributed by atoms with Gasteiger partial charge in [0.2, 0.25) is 0 Å². The molecule has 0 radical (unpaired) electrons. The normalized spacial score (nSPS) is 11.2. The summed E-state index contributed by atoms with van der Waals surface area (Å²) >= 11 is 0. The highest BCUT2D eigenvalue weighted by Crippen LogP contribution is 2.42. The number of nitrogens with zero attached hydrogens (tertiary/aromatic N) is 5. The predicted molar refractivity (Wildman–Crippen MR) is 240 cm³/mol. The van der Waals surface area contributed by atoms with Crippen molar-refractivity contribution in [2.45, 2.75) is 13.8 Å². The molecule has 0 spiro atoms. The van der Waals surface area contributed by atoms with Crippen LogP contribution in [0.4, 0.5) is 22.7 Å². The molecule has 0 aliphatic rings. The maximum absolute atomic E-state index is 11.6. The van der Waals surface area contributed by atoms with Crippen LogP contribution in [0.5, 0.6) is 5.75 Å². The molecule has 0 fully saturated rings. The van der Waals surface area contributed by atoms with Gasteiger partial charge < -0.3 is 14.9 Å². The van der Waals surface area contributed by atoms with Crippen LogP contribution in [-0.2, 0) is 0 Å². The minimum Gasteiger partial charge on any atom is -0.507 e. The second kappa shape index (κ2) is 17.0. The Bertz CT molecular complexity index is 2640. The molecule has 0 bridgehead atoms. The summed E-state index contributed by atoms with van der Waals surface area (Å²) in [5.74, 6) is 0.771. The van der Waals surface area contributed by atoms with Gasteiger partial charge in [-0.25, -0.2) is 4.98 Å². The Morgan fingerprint density at radius 2 is 1.14 bits per heavy atom. The molecule has 0 aliphatic heterocycles. The van der Waals surface area contributed by atoms with E-state index in [0.29, 0.717) is 17.0 Å². The number of phenolic OH excluding ortho intramolecular Hbond substituents is 1. The Labute approximate surface area is 340 Å². The number of rotatable bonds is 12. The fourth-order valence-electron chi connectivity index (χ4n) is 7.46. The summed E-state index contributed by atoms with van der Waals surface area (Å²) in [5, 5.41) is 22.1. The number of allylic oxidation sites excluding steroid dienone is 1. The fourth-order valence-corrected chi connectivity index (χ4v) is 7.46. The molecule has 0 saturated carbocycles. The zero-order chi connectivity index (χ0) is 39.8. The van der Waals surface area contributed by atoms with Crippen molar-refractivity contribution >= 4 is 34.4 Å². The summed E-state index contributed by atoms with van der Waals surface area (Å²) < 4.78 is 2.12. The van der Waals surface area contributed by atoms with Crippen molar-refractivity contribution in [2.75, 3.05) is 22.9 Å². The molecule has 8 aromatic rings. The van der Waals surface area contributed by atoms with E-state index < -0.39 is 0 Å². The van der Waals surface area contributed by atoms with Gasteiger partial charge in [-0.05, 0) is 91.7 Å². The van der Waals surface area contributed by atoms with Gasteiger partial charge in [-0.15, -0.1) is 0 Å². The maximum Gasteiger partial charge on any atom is 0.149 e. The quantitative estimate of drug-likeness (QED) is 0.0994. The lowest BCUT2D eigenvalue weighted by Crippen LogP contribution is -2.21. The summed E-state index contributed by atoms with van der Waals surface area (Å²) in [4.78, 5) is 9.71. The second-order valence-electron chi connectivity index (χ2n) is 13.9. The Hall–Kier alpha value is -7.62.